The molecule has 1 aliphatic carbocycles. The molecule has 1 aliphatic rings. The predicted octanol–water partition coefficient (Wildman–Crippen LogP) is 5.43. The normalized spacial score (nSPS) is 18.1. The zero-order chi connectivity index (χ0) is 20.4. The SMILES string of the molecule is C[C@@H]1C/C(=C\c2ccccc2)c2nc3ccccc3c(C(=O)O[C@H](C)C#N)c2C1. The molecule has 0 aliphatic heterocycles. The maximum absolute atomic E-state index is 13.1. The first kappa shape index (κ1) is 18.9. The van der Waals surface area contributed by atoms with Crippen LogP contribution in [0.15, 0.2) is 54.6 Å². The first-order valence-electron chi connectivity index (χ1n) is 9.85. The summed E-state index contributed by atoms with van der Waals surface area (Å²) in [5.74, 6) is -0.0811. The van der Waals surface area contributed by atoms with Crippen molar-refractivity contribution in [2.75, 3.05) is 0 Å². The summed E-state index contributed by atoms with van der Waals surface area (Å²) < 4.78 is 5.40. The average Bonchev–Trinajstić information content (AvgIpc) is 2.72. The molecule has 0 amide bonds. The molecule has 2 atom stereocenters. The highest BCUT2D eigenvalue weighted by molar-refractivity contribution is 6.06. The minimum absolute atomic E-state index is 0.375. The van der Waals surface area contributed by atoms with E-state index in [0.29, 0.717) is 11.5 Å². The Balaban J connectivity index is 1.94. The highest BCUT2D eigenvalue weighted by atomic mass is 16.5. The van der Waals surface area contributed by atoms with Gasteiger partial charge >= 0.3 is 5.97 Å². The lowest BCUT2D eigenvalue weighted by atomic mass is 9.80. The number of nitrogens with zero attached hydrogens (tertiary/aromatic N) is 2. The summed E-state index contributed by atoms with van der Waals surface area (Å²) in [6.45, 7) is 3.76. The van der Waals surface area contributed by atoms with Crippen molar-refractivity contribution < 1.29 is 9.53 Å². The average molecular weight is 382 g/mol. The van der Waals surface area contributed by atoms with Crippen molar-refractivity contribution >= 4 is 28.5 Å². The molecule has 0 N–H and O–H groups in total. The topological polar surface area (TPSA) is 63.0 Å². The zero-order valence-electron chi connectivity index (χ0n) is 16.6. The van der Waals surface area contributed by atoms with Gasteiger partial charge in [0, 0.05) is 5.39 Å². The molecule has 0 bridgehead atoms. The number of aromatic nitrogens is 1. The lowest BCUT2D eigenvalue weighted by molar-refractivity contribution is 0.0436. The fourth-order valence-corrected chi connectivity index (χ4v) is 3.97. The third-order valence-corrected chi connectivity index (χ3v) is 5.23. The standard InChI is InChI=1S/C25H22N2O2/c1-16-12-19(14-18-8-4-3-5-9-18)24-21(13-16)23(25(28)29-17(2)15-26)20-10-6-7-11-22(20)27-24/h3-11,14,16-17H,12-13H2,1-2H3/b19-14+/t16-,17-/m1/s1. The van der Waals surface area contributed by atoms with E-state index in [2.05, 4.69) is 25.1 Å². The van der Waals surface area contributed by atoms with Gasteiger partial charge in [-0.3, -0.25) is 0 Å². The lowest BCUT2D eigenvalue weighted by Gasteiger charge is -2.26. The van der Waals surface area contributed by atoms with Crippen LogP contribution in [0.3, 0.4) is 0 Å². The number of carbonyl (C=O) groups is 1. The summed E-state index contributed by atoms with van der Waals surface area (Å²) in [4.78, 5) is 18.0. The second-order valence-corrected chi connectivity index (χ2v) is 7.60. The van der Waals surface area contributed by atoms with Gasteiger partial charge in [-0.15, -0.1) is 0 Å². The number of allylic oxidation sites excluding steroid dienone is 1. The lowest BCUT2D eigenvalue weighted by Crippen LogP contribution is -2.21. The molecule has 1 aromatic heterocycles. The number of pyridine rings is 1. The van der Waals surface area contributed by atoms with E-state index in [9.17, 15) is 4.79 Å². The van der Waals surface area contributed by atoms with Crippen LogP contribution in [-0.4, -0.2) is 17.1 Å². The summed E-state index contributed by atoms with van der Waals surface area (Å²) in [5.41, 5.74) is 5.31. The van der Waals surface area contributed by atoms with Gasteiger partial charge in [-0.1, -0.05) is 55.5 Å². The quantitative estimate of drug-likeness (QED) is 0.567. The number of ether oxygens (including phenoxy) is 1. The smallest absolute Gasteiger partial charge is 0.340 e. The van der Waals surface area contributed by atoms with Crippen LogP contribution in [-0.2, 0) is 11.2 Å². The molecule has 4 heteroatoms. The molecule has 29 heavy (non-hydrogen) atoms. The van der Waals surface area contributed by atoms with Crippen LogP contribution in [0, 0.1) is 17.2 Å². The van der Waals surface area contributed by atoms with Gasteiger partial charge in [0.15, 0.2) is 6.10 Å². The van der Waals surface area contributed by atoms with Crippen molar-refractivity contribution in [2.24, 2.45) is 5.92 Å². The molecule has 0 spiro atoms. The Morgan fingerprint density at radius 2 is 1.90 bits per heavy atom. The first-order valence-corrected chi connectivity index (χ1v) is 9.85. The molecular formula is C25H22N2O2. The monoisotopic (exact) mass is 382 g/mol. The Morgan fingerprint density at radius 1 is 1.17 bits per heavy atom. The number of nitriles is 1. The van der Waals surface area contributed by atoms with Crippen LogP contribution >= 0.6 is 0 Å². The second kappa shape index (κ2) is 7.89. The number of hydrogen-bond acceptors (Lipinski definition) is 4. The van der Waals surface area contributed by atoms with E-state index >= 15 is 0 Å². The molecule has 1 heterocycles. The van der Waals surface area contributed by atoms with Gasteiger partial charge in [0.25, 0.3) is 0 Å². The van der Waals surface area contributed by atoms with Crippen molar-refractivity contribution in [2.45, 2.75) is 32.8 Å². The number of rotatable bonds is 3. The molecular weight excluding hydrogens is 360 g/mol. The summed E-state index contributed by atoms with van der Waals surface area (Å²) in [6.07, 6.45) is 3.01. The predicted molar refractivity (Wildman–Crippen MR) is 114 cm³/mol. The minimum atomic E-state index is -0.801. The highest BCUT2D eigenvalue weighted by Gasteiger charge is 2.29. The Kier molecular flexibility index (Phi) is 5.14. The molecule has 0 radical (unpaired) electrons. The molecule has 4 rings (SSSR count). The maximum Gasteiger partial charge on any atom is 0.340 e. The van der Waals surface area contributed by atoms with Crippen LogP contribution in [0.2, 0.25) is 0 Å². The van der Waals surface area contributed by atoms with Gasteiger partial charge < -0.3 is 4.74 Å². The number of hydrogen-bond donors (Lipinski definition) is 0. The fraction of sp³-hybridized carbons (Fsp3) is 0.240. The van der Waals surface area contributed by atoms with Crippen molar-refractivity contribution in [3.8, 4) is 6.07 Å². The van der Waals surface area contributed by atoms with Crippen LogP contribution in [0.1, 0.15) is 47.4 Å². The Hall–Kier alpha value is -3.45. The van der Waals surface area contributed by atoms with Gasteiger partial charge in [-0.05, 0) is 54.5 Å². The van der Waals surface area contributed by atoms with Gasteiger partial charge in [-0.2, -0.15) is 5.26 Å². The first-order chi connectivity index (χ1) is 14.1. The number of carbonyl (C=O) groups excluding carboxylic acids is 1. The Bertz CT molecular complexity index is 1140. The molecule has 0 fully saturated rings. The second-order valence-electron chi connectivity index (χ2n) is 7.60. The Labute approximate surface area is 170 Å². The zero-order valence-corrected chi connectivity index (χ0v) is 16.6. The number of fused-ring (bicyclic) bond motifs is 2. The molecule has 0 unspecified atom stereocenters. The van der Waals surface area contributed by atoms with Crippen molar-refractivity contribution in [1.29, 1.82) is 5.26 Å². The number of para-hydroxylation sites is 1. The molecule has 0 saturated carbocycles. The van der Waals surface area contributed by atoms with E-state index in [1.165, 1.54) is 0 Å². The van der Waals surface area contributed by atoms with Crippen molar-refractivity contribution in [3.05, 3.63) is 77.0 Å². The molecule has 144 valence electrons. The molecule has 2 aromatic carbocycles. The molecule has 4 nitrogen and oxygen atoms in total. The van der Waals surface area contributed by atoms with Crippen LogP contribution in [0.4, 0.5) is 0 Å². The summed E-state index contributed by atoms with van der Waals surface area (Å²) >= 11 is 0. The molecule has 0 saturated heterocycles. The van der Waals surface area contributed by atoms with Gasteiger partial charge in [-0.25, -0.2) is 9.78 Å². The van der Waals surface area contributed by atoms with Crippen molar-refractivity contribution in [1.82, 2.24) is 4.98 Å². The molecule has 3 aromatic rings. The van der Waals surface area contributed by atoms with Crippen LogP contribution in [0.25, 0.3) is 22.6 Å². The van der Waals surface area contributed by atoms with E-state index in [-0.39, 0.29) is 0 Å². The van der Waals surface area contributed by atoms with Gasteiger partial charge in [0.1, 0.15) is 6.07 Å². The van der Waals surface area contributed by atoms with Gasteiger partial charge in [0.2, 0.25) is 0 Å². The van der Waals surface area contributed by atoms with E-state index in [1.54, 1.807) is 6.92 Å². The summed E-state index contributed by atoms with van der Waals surface area (Å²) in [5, 5.41) is 9.85. The third-order valence-electron chi connectivity index (χ3n) is 5.23. The van der Waals surface area contributed by atoms with Gasteiger partial charge in [0.05, 0.1) is 16.8 Å². The Morgan fingerprint density at radius 3 is 2.66 bits per heavy atom. The van der Waals surface area contributed by atoms with E-state index in [0.717, 1.165) is 46.1 Å². The fourth-order valence-electron chi connectivity index (χ4n) is 3.97. The van der Waals surface area contributed by atoms with E-state index in [4.69, 9.17) is 15.0 Å². The minimum Gasteiger partial charge on any atom is -0.444 e. The van der Waals surface area contributed by atoms with Crippen LogP contribution in [0.5, 0.6) is 0 Å². The third kappa shape index (κ3) is 3.77. The van der Waals surface area contributed by atoms with Crippen LogP contribution < -0.4 is 0 Å². The summed E-state index contributed by atoms with van der Waals surface area (Å²) in [6, 6.07) is 19.8. The summed E-state index contributed by atoms with van der Waals surface area (Å²) in [7, 11) is 0. The number of esters is 1. The number of benzene rings is 2. The maximum atomic E-state index is 13.1. The van der Waals surface area contributed by atoms with Crippen molar-refractivity contribution in [3.63, 3.8) is 0 Å². The largest absolute Gasteiger partial charge is 0.444 e. The highest BCUT2D eigenvalue weighted by Crippen LogP contribution is 2.38. The van der Waals surface area contributed by atoms with E-state index < -0.39 is 12.1 Å². The van der Waals surface area contributed by atoms with E-state index in [1.807, 2.05) is 48.5 Å².